The molecule has 0 amide bonds. The number of anilines is 1. The van der Waals surface area contributed by atoms with E-state index in [-0.39, 0.29) is 0 Å². The first-order chi connectivity index (χ1) is 9.71. The van der Waals surface area contributed by atoms with Crippen molar-refractivity contribution in [2.24, 2.45) is 0 Å². The highest BCUT2D eigenvalue weighted by Gasteiger charge is 2.10. The summed E-state index contributed by atoms with van der Waals surface area (Å²) in [5.41, 5.74) is 0.498. The number of hydrogen-bond acceptors (Lipinski definition) is 5. The summed E-state index contributed by atoms with van der Waals surface area (Å²) in [5.74, 6) is 0.674. The molecule has 5 nitrogen and oxygen atoms in total. The fourth-order valence-corrected chi connectivity index (χ4v) is 1.89. The molecule has 0 spiro atoms. The van der Waals surface area contributed by atoms with Gasteiger partial charge in [0.25, 0.3) is 0 Å². The molecule has 1 rings (SSSR count). The van der Waals surface area contributed by atoms with Crippen LogP contribution in [0.5, 0.6) is 0 Å². The lowest BCUT2D eigenvalue weighted by Crippen LogP contribution is -2.32. The van der Waals surface area contributed by atoms with Gasteiger partial charge in [0.15, 0.2) is 0 Å². The van der Waals surface area contributed by atoms with Gasteiger partial charge in [-0.15, -0.1) is 0 Å². The Hall–Kier alpha value is -1.35. The van der Waals surface area contributed by atoms with E-state index in [1.807, 2.05) is 18.7 Å². The molecule has 0 atom stereocenters. The number of ether oxygens (including phenoxy) is 2. The zero-order valence-electron chi connectivity index (χ0n) is 11.9. The average Bonchev–Trinajstić information content (AvgIpc) is 2.45. The minimum Gasteiger partial charge on any atom is -0.380 e. The molecule has 0 aromatic carbocycles. The summed E-state index contributed by atoms with van der Waals surface area (Å²) in [4.78, 5) is 6.28. The van der Waals surface area contributed by atoms with Crippen LogP contribution in [0.2, 0.25) is 5.15 Å². The predicted octanol–water partition coefficient (Wildman–Crippen LogP) is 2.49. The van der Waals surface area contributed by atoms with E-state index in [2.05, 4.69) is 11.1 Å². The van der Waals surface area contributed by atoms with Crippen molar-refractivity contribution < 1.29 is 9.47 Å². The summed E-state index contributed by atoms with van der Waals surface area (Å²) < 4.78 is 10.7. The Kier molecular flexibility index (Phi) is 7.97. The molecule has 0 saturated carbocycles. The van der Waals surface area contributed by atoms with Gasteiger partial charge in [0.05, 0.1) is 24.8 Å². The Balaban J connectivity index is 2.79. The van der Waals surface area contributed by atoms with E-state index >= 15 is 0 Å². The summed E-state index contributed by atoms with van der Waals surface area (Å²) in [6.07, 6.45) is 0. The van der Waals surface area contributed by atoms with E-state index in [0.717, 1.165) is 0 Å². The second kappa shape index (κ2) is 9.54. The third kappa shape index (κ3) is 5.74. The van der Waals surface area contributed by atoms with Gasteiger partial charge in [-0.1, -0.05) is 11.6 Å². The molecule has 0 aliphatic heterocycles. The lowest BCUT2D eigenvalue weighted by Gasteiger charge is -2.23. The fraction of sp³-hybridized carbons (Fsp3) is 0.571. The van der Waals surface area contributed by atoms with Crippen LogP contribution in [0.3, 0.4) is 0 Å². The van der Waals surface area contributed by atoms with Crippen molar-refractivity contribution in [3.8, 4) is 6.07 Å². The molecule has 6 heteroatoms. The van der Waals surface area contributed by atoms with Crippen LogP contribution in [0.15, 0.2) is 12.1 Å². The number of pyridine rings is 1. The molecular weight excluding hydrogens is 278 g/mol. The third-order valence-electron chi connectivity index (χ3n) is 2.65. The molecule has 20 heavy (non-hydrogen) atoms. The Labute approximate surface area is 125 Å². The number of nitrogens with zero attached hydrogens (tertiary/aromatic N) is 3. The van der Waals surface area contributed by atoms with Crippen molar-refractivity contribution >= 4 is 17.4 Å². The van der Waals surface area contributed by atoms with Crippen LogP contribution in [0.4, 0.5) is 5.82 Å². The van der Waals surface area contributed by atoms with Gasteiger partial charge in [0.1, 0.15) is 11.0 Å². The predicted molar refractivity (Wildman–Crippen MR) is 79.2 cm³/mol. The quantitative estimate of drug-likeness (QED) is 0.518. The van der Waals surface area contributed by atoms with E-state index in [9.17, 15) is 0 Å². The minimum atomic E-state index is 0.317. The van der Waals surface area contributed by atoms with Gasteiger partial charge >= 0.3 is 0 Å². The minimum absolute atomic E-state index is 0.317. The second-order valence-electron chi connectivity index (χ2n) is 4.03. The molecule has 1 aromatic rings. The average molecular weight is 298 g/mol. The Bertz CT molecular complexity index is 439. The number of rotatable bonds is 9. The van der Waals surface area contributed by atoms with E-state index in [1.54, 1.807) is 12.1 Å². The van der Waals surface area contributed by atoms with E-state index in [1.165, 1.54) is 0 Å². The fourth-order valence-electron chi connectivity index (χ4n) is 1.69. The molecule has 1 aromatic heterocycles. The smallest absolute Gasteiger partial charge is 0.132 e. The zero-order valence-corrected chi connectivity index (χ0v) is 12.7. The first kappa shape index (κ1) is 16.7. The molecule has 0 fully saturated rings. The maximum Gasteiger partial charge on any atom is 0.132 e. The van der Waals surface area contributed by atoms with Gasteiger partial charge in [-0.2, -0.15) is 5.26 Å². The van der Waals surface area contributed by atoms with Gasteiger partial charge in [0.2, 0.25) is 0 Å². The molecule has 110 valence electrons. The molecular formula is C14H20ClN3O2. The number of hydrogen-bond donors (Lipinski definition) is 0. The maximum absolute atomic E-state index is 8.99. The first-order valence-electron chi connectivity index (χ1n) is 6.69. The van der Waals surface area contributed by atoms with Crippen LogP contribution in [0.25, 0.3) is 0 Å². The van der Waals surface area contributed by atoms with E-state index < -0.39 is 0 Å². The van der Waals surface area contributed by atoms with Crippen molar-refractivity contribution in [2.45, 2.75) is 13.8 Å². The van der Waals surface area contributed by atoms with E-state index in [0.29, 0.717) is 56.1 Å². The van der Waals surface area contributed by atoms with Crippen molar-refractivity contribution in [1.82, 2.24) is 4.98 Å². The maximum atomic E-state index is 8.99. The van der Waals surface area contributed by atoms with Gasteiger partial charge in [-0.3, -0.25) is 0 Å². The largest absolute Gasteiger partial charge is 0.380 e. The molecule has 0 unspecified atom stereocenters. The third-order valence-corrected chi connectivity index (χ3v) is 2.85. The van der Waals surface area contributed by atoms with Crippen LogP contribution >= 0.6 is 11.6 Å². The molecule has 1 heterocycles. The standard InChI is InChI=1S/C14H20ClN3O2/c1-3-19-7-5-18(6-8-20-4-2)14-10-12(11-16)9-13(15)17-14/h9-10H,3-8H2,1-2H3. The topological polar surface area (TPSA) is 58.4 Å². The van der Waals surface area contributed by atoms with E-state index in [4.69, 9.17) is 26.3 Å². The van der Waals surface area contributed by atoms with Crippen LogP contribution in [0, 0.1) is 11.3 Å². The lowest BCUT2D eigenvalue weighted by atomic mass is 10.3. The van der Waals surface area contributed by atoms with Gasteiger partial charge in [0, 0.05) is 26.3 Å². The highest BCUT2D eigenvalue weighted by Crippen LogP contribution is 2.17. The lowest BCUT2D eigenvalue weighted by molar-refractivity contribution is 0.141. The number of nitriles is 1. The monoisotopic (exact) mass is 297 g/mol. The summed E-state index contributed by atoms with van der Waals surface area (Å²) in [6, 6.07) is 5.36. The van der Waals surface area contributed by atoms with Gasteiger partial charge < -0.3 is 14.4 Å². The molecule has 0 saturated heterocycles. The molecule has 0 bridgehead atoms. The summed E-state index contributed by atoms with van der Waals surface area (Å²) >= 11 is 5.94. The Morgan fingerprint density at radius 2 is 1.80 bits per heavy atom. The summed E-state index contributed by atoms with van der Waals surface area (Å²) in [7, 11) is 0. The molecule has 0 N–H and O–H groups in total. The van der Waals surface area contributed by atoms with Crippen molar-refractivity contribution in [1.29, 1.82) is 5.26 Å². The number of halogens is 1. The van der Waals surface area contributed by atoms with Gasteiger partial charge in [-0.05, 0) is 26.0 Å². The normalized spacial score (nSPS) is 10.3. The summed E-state index contributed by atoms with van der Waals surface area (Å²) in [5, 5.41) is 9.31. The van der Waals surface area contributed by atoms with Crippen molar-refractivity contribution in [2.75, 3.05) is 44.4 Å². The second-order valence-corrected chi connectivity index (χ2v) is 4.42. The Morgan fingerprint density at radius 3 is 2.30 bits per heavy atom. The van der Waals surface area contributed by atoms with Gasteiger partial charge in [-0.25, -0.2) is 4.98 Å². The SMILES string of the molecule is CCOCCN(CCOCC)c1cc(C#N)cc(Cl)n1. The zero-order chi connectivity index (χ0) is 14.8. The van der Waals surface area contributed by atoms with Crippen LogP contribution < -0.4 is 4.90 Å². The van der Waals surface area contributed by atoms with Crippen molar-refractivity contribution in [3.63, 3.8) is 0 Å². The highest BCUT2D eigenvalue weighted by atomic mass is 35.5. The van der Waals surface area contributed by atoms with Crippen molar-refractivity contribution in [3.05, 3.63) is 22.8 Å². The highest BCUT2D eigenvalue weighted by molar-refractivity contribution is 6.29. The Morgan fingerprint density at radius 1 is 1.20 bits per heavy atom. The molecule has 0 aliphatic rings. The molecule has 0 radical (unpaired) electrons. The van der Waals surface area contributed by atoms with Crippen LogP contribution in [-0.4, -0.2) is 44.5 Å². The van der Waals surface area contributed by atoms with Crippen LogP contribution in [-0.2, 0) is 9.47 Å². The first-order valence-corrected chi connectivity index (χ1v) is 7.07. The summed E-state index contributed by atoms with van der Waals surface area (Å²) in [6.45, 7) is 7.80. The van der Waals surface area contributed by atoms with Crippen LogP contribution in [0.1, 0.15) is 19.4 Å². The number of aromatic nitrogens is 1. The molecule has 0 aliphatic carbocycles.